The lowest BCUT2D eigenvalue weighted by atomic mass is 9.99. The summed E-state index contributed by atoms with van der Waals surface area (Å²) in [5.74, 6) is 0.189. The molecule has 1 aliphatic heterocycles. The highest BCUT2D eigenvalue weighted by atomic mass is 32.2. The fraction of sp³-hybridized carbons (Fsp3) is 0.562. The maximum atomic E-state index is 12.9. The summed E-state index contributed by atoms with van der Waals surface area (Å²) >= 11 is 0. The van der Waals surface area contributed by atoms with Crippen LogP contribution in [-0.2, 0) is 19.6 Å². The third-order valence-electron chi connectivity index (χ3n) is 4.30. The standard InChI is InChI=1S/C16H23NO5S/c1-11-10-15(12(2)9-14(11)21-3)23(19,20)17-7-5-13(6-8-17)16(18)22-4/h9-10,13H,5-8H2,1-4H3. The van der Waals surface area contributed by atoms with Crippen molar-refractivity contribution < 1.29 is 22.7 Å². The lowest BCUT2D eigenvalue weighted by molar-refractivity contribution is -0.146. The normalized spacial score (nSPS) is 17.0. The molecule has 128 valence electrons. The summed E-state index contributed by atoms with van der Waals surface area (Å²) in [4.78, 5) is 11.9. The number of benzene rings is 1. The van der Waals surface area contributed by atoms with Gasteiger partial charge in [-0.1, -0.05) is 0 Å². The number of carbonyl (C=O) groups excluding carboxylic acids is 1. The third kappa shape index (κ3) is 3.50. The zero-order valence-corrected chi connectivity index (χ0v) is 14.8. The van der Waals surface area contributed by atoms with Crippen molar-refractivity contribution in [2.24, 2.45) is 5.92 Å². The second-order valence-electron chi connectivity index (χ2n) is 5.79. The Morgan fingerprint density at radius 1 is 1.13 bits per heavy atom. The molecule has 1 saturated heterocycles. The first-order valence-electron chi connectivity index (χ1n) is 7.54. The van der Waals surface area contributed by atoms with E-state index in [-0.39, 0.29) is 11.9 Å². The Bertz CT molecular complexity index is 691. The Morgan fingerprint density at radius 3 is 2.26 bits per heavy atom. The molecule has 1 heterocycles. The number of hydrogen-bond acceptors (Lipinski definition) is 5. The first-order valence-corrected chi connectivity index (χ1v) is 8.98. The lowest BCUT2D eigenvalue weighted by Crippen LogP contribution is -2.40. The molecule has 0 N–H and O–H groups in total. The zero-order valence-electron chi connectivity index (χ0n) is 14.0. The van der Waals surface area contributed by atoms with Crippen molar-refractivity contribution in [1.82, 2.24) is 4.31 Å². The van der Waals surface area contributed by atoms with Crippen molar-refractivity contribution in [3.63, 3.8) is 0 Å². The van der Waals surface area contributed by atoms with Gasteiger partial charge in [-0.05, 0) is 49.9 Å². The molecule has 2 rings (SSSR count). The van der Waals surface area contributed by atoms with Crippen LogP contribution < -0.4 is 4.74 Å². The van der Waals surface area contributed by atoms with E-state index in [9.17, 15) is 13.2 Å². The van der Waals surface area contributed by atoms with E-state index in [1.165, 1.54) is 11.4 Å². The summed E-state index contributed by atoms with van der Waals surface area (Å²) in [6, 6.07) is 3.39. The molecule has 1 aromatic rings. The molecule has 23 heavy (non-hydrogen) atoms. The van der Waals surface area contributed by atoms with Gasteiger partial charge < -0.3 is 9.47 Å². The molecule has 0 unspecified atom stereocenters. The van der Waals surface area contributed by atoms with Crippen LogP contribution in [0.25, 0.3) is 0 Å². The predicted octanol–water partition coefficient (Wildman–Crippen LogP) is 1.89. The largest absolute Gasteiger partial charge is 0.496 e. The average molecular weight is 341 g/mol. The smallest absolute Gasteiger partial charge is 0.308 e. The Balaban J connectivity index is 2.24. The zero-order chi connectivity index (χ0) is 17.2. The van der Waals surface area contributed by atoms with Gasteiger partial charge in [-0.25, -0.2) is 8.42 Å². The Labute approximate surface area is 137 Å². The molecule has 0 radical (unpaired) electrons. The summed E-state index contributed by atoms with van der Waals surface area (Å²) < 4.78 is 37.2. The van der Waals surface area contributed by atoms with Crippen LogP contribution in [-0.4, -0.2) is 46.0 Å². The number of carbonyl (C=O) groups is 1. The summed E-state index contributed by atoms with van der Waals surface area (Å²) in [6.07, 6.45) is 0.972. The number of nitrogens with zero attached hydrogens (tertiary/aromatic N) is 1. The molecule has 0 amide bonds. The molecule has 0 saturated carbocycles. The van der Waals surface area contributed by atoms with E-state index in [1.807, 2.05) is 6.92 Å². The van der Waals surface area contributed by atoms with Crippen LogP contribution in [0.4, 0.5) is 0 Å². The second kappa shape index (κ2) is 6.88. The molecular formula is C16H23NO5S. The van der Waals surface area contributed by atoms with Gasteiger partial charge in [-0.3, -0.25) is 4.79 Å². The van der Waals surface area contributed by atoms with E-state index in [1.54, 1.807) is 26.2 Å². The van der Waals surface area contributed by atoms with Crippen LogP contribution in [0.5, 0.6) is 5.75 Å². The number of piperidine rings is 1. The summed E-state index contributed by atoms with van der Waals surface area (Å²) in [7, 11) is -0.651. The minimum atomic E-state index is -3.57. The second-order valence-corrected chi connectivity index (χ2v) is 7.70. The Kier molecular flexibility index (Phi) is 5.31. The van der Waals surface area contributed by atoms with Gasteiger partial charge >= 0.3 is 5.97 Å². The van der Waals surface area contributed by atoms with Crippen LogP contribution >= 0.6 is 0 Å². The summed E-state index contributed by atoms with van der Waals surface area (Å²) in [5.41, 5.74) is 1.43. The van der Waals surface area contributed by atoms with E-state index in [2.05, 4.69) is 0 Å². The van der Waals surface area contributed by atoms with Crippen LogP contribution in [0.2, 0.25) is 0 Å². The molecule has 0 aromatic heterocycles. The van der Waals surface area contributed by atoms with Crippen LogP contribution in [0.1, 0.15) is 24.0 Å². The van der Waals surface area contributed by atoms with Gasteiger partial charge in [0.2, 0.25) is 10.0 Å². The molecule has 1 fully saturated rings. The number of sulfonamides is 1. The topological polar surface area (TPSA) is 72.9 Å². The number of rotatable bonds is 4. The maximum absolute atomic E-state index is 12.9. The first kappa shape index (κ1) is 17.7. The molecule has 0 aliphatic carbocycles. The minimum absolute atomic E-state index is 0.217. The maximum Gasteiger partial charge on any atom is 0.308 e. The van der Waals surface area contributed by atoms with E-state index in [0.29, 0.717) is 42.1 Å². The number of aryl methyl sites for hydroxylation is 2. The number of ether oxygens (including phenoxy) is 2. The summed E-state index contributed by atoms with van der Waals surface area (Å²) in [6.45, 7) is 4.23. The van der Waals surface area contributed by atoms with Crippen molar-refractivity contribution in [2.75, 3.05) is 27.3 Å². The monoisotopic (exact) mass is 341 g/mol. The van der Waals surface area contributed by atoms with Crippen molar-refractivity contribution in [3.8, 4) is 5.75 Å². The van der Waals surface area contributed by atoms with Gasteiger partial charge in [0.05, 0.1) is 25.0 Å². The van der Waals surface area contributed by atoms with Crippen molar-refractivity contribution in [2.45, 2.75) is 31.6 Å². The van der Waals surface area contributed by atoms with Gasteiger partial charge in [0.25, 0.3) is 0 Å². The van der Waals surface area contributed by atoms with E-state index in [4.69, 9.17) is 9.47 Å². The van der Waals surface area contributed by atoms with Crippen LogP contribution in [0, 0.1) is 19.8 Å². The predicted molar refractivity (Wildman–Crippen MR) is 86.0 cm³/mol. The molecule has 0 atom stereocenters. The van der Waals surface area contributed by atoms with Gasteiger partial charge in [-0.2, -0.15) is 4.31 Å². The number of hydrogen-bond donors (Lipinski definition) is 0. The fourth-order valence-electron chi connectivity index (χ4n) is 2.90. The summed E-state index contributed by atoms with van der Waals surface area (Å²) in [5, 5.41) is 0. The average Bonchev–Trinajstić information content (AvgIpc) is 2.55. The highest BCUT2D eigenvalue weighted by molar-refractivity contribution is 7.89. The fourth-order valence-corrected chi connectivity index (χ4v) is 4.66. The molecule has 0 bridgehead atoms. The SMILES string of the molecule is COC(=O)C1CCN(S(=O)(=O)c2cc(C)c(OC)cc2C)CC1. The van der Waals surface area contributed by atoms with Gasteiger partial charge in [0.1, 0.15) is 5.75 Å². The lowest BCUT2D eigenvalue weighted by Gasteiger charge is -2.30. The third-order valence-corrected chi connectivity index (χ3v) is 6.34. The van der Waals surface area contributed by atoms with Crippen molar-refractivity contribution >= 4 is 16.0 Å². The van der Waals surface area contributed by atoms with Crippen LogP contribution in [0.15, 0.2) is 17.0 Å². The Hall–Kier alpha value is -1.60. The van der Waals surface area contributed by atoms with Crippen molar-refractivity contribution in [1.29, 1.82) is 0 Å². The molecule has 1 aromatic carbocycles. The minimum Gasteiger partial charge on any atom is -0.496 e. The Morgan fingerprint density at radius 2 is 1.74 bits per heavy atom. The molecule has 6 nitrogen and oxygen atoms in total. The molecule has 0 spiro atoms. The highest BCUT2D eigenvalue weighted by Gasteiger charge is 2.33. The van der Waals surface area contributed by atoms with E-state index in [0.717, 1.165) is 5.56 Å². The van der Waals surface area contributed by atoms with Gasteiger partial charge in [0.15, 0.2) is 0 Å². The van der Waals surface area contributed by atoms with Gasteiger partial charge in [0, 0.05) is 13.1 Å². The number of esters is 1. The molecular weight excluding hydrogens is 318 g/mol. The molecule has 7 heteroatoms. The quantitative estimate of drug-likeness (QED) is 0.782. The number of methoxy groups -OCH3 is 2. The van der Waals surface area contributed by atoms with Crippen LogP contribution in [0.3, 0.4) is 0 Å². The van der Waals surface area contributed by atoms with E-state index < -0.39 is 10.0 Å². The first-order chi connectivity index (χ1) is 10.8. The van der Waals surface area contributed by atoms with Gasteiger partial charge in [-0.15, -0.1) is 0 Å². The molecule has 1 aliphatic rings. The highest BCUT2D eigenvalue weighted by Crippen LogP contribution is 2.30. The van der Waals surface area contributed by atoms with E-state index >= 15 is 0 Å². The van der Waals surface area contributed by atoms with Crippen molar-refractivity contribution in [3.05, 3.63) is 23.3 Å².